The third-order valence-electron chi connectivity index (χ3n) is 6.51. The molecule has 0 radical (unpaired) electrons. The number of carbonyl (C=O) groups excluding carboxylic acids is 1. The monoisotopic (exact) mass is 520 g/mol. The van der Waals surface area contributed by atoms with Gasteiger partial charge in [0.1, 0.15) is 5.75 Å². The Hall–Kier alpha value is -3.95. The van der Waals surface area contributed by atoms with Crippen molar-refractivity contribution in [2.75, 3.05) is 13.7 Å². The zero-order chi connectivity index (χ0) is 27.5. The summed E-state index contributed by atoms with van der Waals surface area (Å²) in [6.07, 6.45) is 13.3. The molecular weight excluding hydrogens is 480 g/mol. The fourth-order valence-electron chi connectivity index (χ4n) is 4.15. The largest absolute Gasteiger partial charge is 0.494 e. The van der Waals surface area contributed by atoms with Gasteiger partial charge in [0.15, 0.2) is 0 Å². The summed E-state index contributed by atoms with van der Waals surface area (Å²) in [5, 5.41) is 0. The third kappa shape index (κ3) is 11.5. The summed E-state index contributed by atoms with van der Waals surface area (Å²) in [7, 11) is 1.37. The van der Waals surface area contributed by atoms with Gasteiger partial charge in [0.25, 0.3) is 0 Å². The highest BCUT2D eigenvalue weighted by molar-refractivity contribution is 5.89. The number of esters is 1. The van der Waals surface area contributed by atoms with E-state index in [9.17, 15) is 4.79 Å². The first-order chi connectivity index (χ1) is 19.2. The van der Waals surface area contributed by atoms with Crippen molar-refractivity contribution >= 4 is 5.97 Å². The van der Waals surface area contributed by atoms with Crippen molar-refractivity contribution < 1.29 is 14.3 Å². The zero-order valence-electron chi connectivity index (χ0n) is 23.4. The van der Waals surface area contributed by atoms with Crippen molar-refractivity contribution in [1.82, 2.24) is 0 Å². The summed E-state index contributed by atoms with van der Waals surface area (Å²) in [4.78, 5) is 11.5. The highest BCUT2D eigenvalue weighted by Crippen LogP contribution is 2.14. The smallest absolute Gasteiger partial charge is 0.337 e. The minimum atomic E-state index is -0.352. The number of methoxy groups -OCH3 is 1. The molecule has 0 bridgehead atoms. The van der Waals surface area contributed by atoms with Crippen molar-refractivity contribution in [3.05, 3.63) is 101 Å². The van der Waals surface area contributed by atoms with E-state index in [1.54, 1.807) is 12.1 Å². The van der Waals surface area contributed by atoms with E-state index in [-0.39, 0.29) is 5.97 Å². The van der Waals surface area contributed by atoms with E-state index in [1.165, 1.54) is 64.9 Å². The lowest BCUT2D eigenvalue weighted by atomic mass is 10.1. The van der Waals surface area contributed by atoms with Gasteiger partial charge in [-0.15, -0.1) is 0 Å². The predicted molar refractivity (Wildman–Crippen MR) is 160 cm³/mol. The first kappa shape index (κ1) is 29.6. The van der Waals surface area contributed by atoms with Gasteiger partial charge in [-0.25, -0.2) is 4.79 Å². The average molecular weight is 521 g/mol. The lowest BCUT2D eigenvalue weighted by Gasteiger charge is -2.06. The van der Waals surface area contributed by atoms with Crippen LogP contribution in [0, 0.1) is 23.7 Å². The molecule has 0 atom stereocenters. The Bertz CT molecular complexity index is 1250. The molecule has 0 aliphatic rings. The summed E-state index contributed by atoms with van der Waals surface area (Å²) in [5.41, 5.74) is 4.14. The minimum Gasteiger partial charge on any atom is -0.494 e. The molecule has 0 saturated heterocycles. The Labute approximate surface area is 235 Å². The molecule has 0 unspecified atom stereocenters. The normalized spacial score (nSPS) is 10.1. The Morgan fingerprint density at radius 1 is 0.564 bits per heavy atom. The number of ether oxygens (including phenoxy) is 2. The van der Waals surface area contributed by atoms with Crippen LogP contribution in [-0.4, -0.2) is 19.7 Å². The van der Waals surface area contributed by atoms with Crippen LogP contribution in [0.5, 0.6) is 5.75 Å². The van der Waals surface area contributed by atoms with Crippen molar-refractivity contribution in [3.8, 4) is 29.4 Å². The molecule has 3 aromatic rings. The number of benzene rings is 3. The van der Waals surface area contributed by atoms with E-state index >= 15 is 0 Å². The van der Waals surface area contributed by atoms with Crippen LogP contribution in [0.15, 0.2) is 72.8 Å². The van der Waals surface area contributed by atoms with Crippen LogP contribution in [-0.2, 0) is 4.74 Å². The van der Waals surface area contributed by atoms with Crippen LogP contribution in [0.2, 0.25) is 0 Å². The number of unbranched alkanes of at least 4 members (excludes halogenated alkanes) is 9. The molecule has 0 N–H and O–H groups in total. The van der Waals surface area contributed by atoms with Gasteiger partial charge in [0, 0.05) is 22.3 Å². The first-order valence-corrected chi connectivity index (χ1v) is 14.2. The first-order valence-electron chi connectivity index (χ1n) is 14.2. The van der Waals surface area contributed by atoms with Crippen molar-refractivity contribution in [2.45, 2.75) is 71.1 Å². The Morgan fingerprint density at radius 2 is 0.949 bits per heavy atom. The highest BCUT2D eigenvalue weighted by Gasteiger charge is 2.03. The lowest BCUT2D eigenvalue weighted by Crippen LogP contribution is -2.00. The molecule has 202 valence electrons. The molecule has 0 fully saturated rings. The van der Waals surface area contributed by atoms with Crippen LogP contribution in [0.3, 0.4) is 0 Å². The molecule has 3 rings (SSSR count). The van der Waals surface area contributed by atoms with Crippen LogP contribution >= 0.6 is 0 Å². The summed E-state index contributed by atoms with van der Waals surface area (Å²) in [5.74, 6) is 13.2. The van der Waals surface area contributed by atoms with Crippen LogP contribution in [0.25, 0.3) is 0 Å². The Kier molecular flexibility index (Phi) is 13.3. The standard InChI is InChI=1S/C36H40O3/c1-3-4-5-6-7-8-9-10-11-12-29-39-35-27-23-33(24-28-35)20-18-31-15-13-30(14-16-31)17-19-32-21-25-34(26-22-32)36(37)38-2/h13-16,21-28H,3-12,29H2,1-2H3. The van der Waals surface area contributed by atoms with Crippen LogP contribution in [0.1, 0.15) is 104 Å². The van der Waals surface area contributed by atoms with E-state index in [4.69, 9.17) is 9.47 Å². The predicted octanol–water partition coefficient (Wildman–Crippen LogP) is 8.57. The van der Waals surface area contributed by atoms with Gasteiger partial charge in [-0.1, -0.05) is 88.4 Å². The fraction of sp³-hybridized carbons (Fsp3) is 0.361. The van der Waals surface area contributed by atoms with E-state index < -0.39 is 0 Å². The number of hydrogen-bond donors (Lipinski definition) is 0. The van der Waals surface area contributed by atoms with Gasteiger partial charge in [0.05, 0.1) is 19.3 Å². The summed E-state index contributed by atoms with van der Waals surface area (Å²) >= 11 is 0. The van der Waals surface area contributed by atoms with Crippen molar-refractivity contribution in [3.63, 3.8) is 0 Å². The molecule has 0 aliphatic carbocycles. The van der Waals surface area contributed by atoms with E-state index in [2.05, 4.69) is 30.6 Å². The second-order valence-electron chi connectivity index (χ2n) is 9.70. The third-order valence-corrected chi connectivity index (χ3v) is 6.51. The highest BCUT2D eigenvalue weighted by atomic mass is 16.5. The van der Waals surface area contributed by atoms with Gasteiger partial charge in [-0.2, -0.15) is 0 Å². The fourth-order valence-corrected chi connectivity index (χ4v) is 4.15. The molecule has 3 nitrogen and oxygen atoms in total. The number of hydrogen-bond acceptors (Lipinski definition) is 3. The van der Waals surface area contributed by atoms with Gasteiger partial charge in [-0.05, 0) is 79.2 Å². The van der Waals surface area contributed by atoms with Crippen LogP contribution in [0.4, 0.5) is 0 Å². The molecule has 3 aromatic carbocycles. The van der Waals surface area contributed by atoms with Gasteiger partial charge >= 0.3 is 5.97 Å². The summed E-state index contributed by atoms with van der Waals surface area (Å²) in [6, 6.07) is 22.9. The zero-order valence-corrected chi connectivity index (χ0v) is 23.4. The molecular formula is C36H40O3. The second kappa shape index (κ2) is 17.5. The molecule has 0 amide bonds. The average Bonchev–Trinajstić information content (AvgIpc) is 2.98. The molecule has 3 heteroatoms. The maximum absolute atomic E-state index is 11.5. The quantitative estimate of drug-likeness (QED) is 0.129. The summed E-state index contributed by atoms with van der Waals surface area (Å²) in [6.45, 7) is 3.04. The van der Waals surface area contributed by atoms with E-state index in [0.717, 1.165) is 41.0 Å². The van der Waals surface area contributed by atoms with Gasteiger partial charge in [-0.3, -0.25) is 0 Å². The number of rotatable bonds is 13. The van der Waals surface area contributed by atoms with Crippen LogP contribution < -0.4 is 4.74 Å². The number of carbonyl (C=O) groups is 1. The molecule has 39 heavy (non-hydrogen) atoms. The topological polar surface area (TPSA) is 35.5 Å². The molecule has 0 aromatic heterocycles. The van der Waals surface area contributed by atoms with Crippen molar-refractivity contribution in [1.29, 1.82) is 0 Å². The molecule has 0 heterocycles. The van der Waals surface area contributed by atoms with E-state index in [0.29, 0.717) is 5.56 Å². The lowest BCUT2D eigenvalue weighted by molar-refractivity contribution is 0.0600. The second-order valence-corrected chi connectivity index (χ2v) is 9.70. The maximum atomic E-state index is 11.5. The summed E-state index contributed by atoms with van der Waals surface area (Å²) < 4.78 is 10.6. The van der Waals surface area contributed by atoms with Gasteiger partial charge in [0.2, 0.25) is 0 Å². The van der Waals surface area contributed by atoms with Gasteiger partial charge < -0.3 is 9.47 Å². The Morgan fingerprint density at radius 3 is 1.38 bits per heavy atom. The maximum Gasteiger partial charge on any atom is 0.337 e. The Balaban J connectivity index is 1.37. The van der Waals surface area contributed by atoms with Crippen molar-refractivity contribution in [2.24, 2.45) is 0 Å². The SMILES string of the molecule is CCCCCCCCCCCCOc1ccc(C#Cc2ccc(C#Cc3ccc(C(=O)OC)cc3)cc2)cc1. The molecule has 0 spiro atoms. The molecule has 0 saturated carbocycles. The minimum absolute atomic E-state index is 0.352. The van der Waals surface area contributed by atoms with E-state index in [1.807, 2.05) is 60.7 Å². The molecule has 0 aliphatic heterocycles.